The fourth-order valence-corrected chi connectivity index (χ4v) is 3.05. The minimum absolute atomic E-state index is 0.0627. The second kappa shape index (κ2) is 6.66. The predicted molar refractivity (Wildman–Crippen MR) is 106 cm³/mol. The number of pyridine rings is 2. The van der Waals surface area contributed by atoms with E-state index in [1.165, 1.54) is 11.0 Å². The molecule has 0 bridgehead atoms. The maximum Gasteiger partial charge on any atom is 0.352 e. The van der Waals surface area contributed by atoms with Gasteiger partial charge in [-0.1, -0.05) is 6.07 Å². The van der Waals surface area contributed by atoms with Crippen molar-refractivity contribution in [1.29, 1.82) is 0 Å². The minimum Gasteiger partial charge on any atom is -0.477 e. The lowest BCUT2D eigenvalue weighted by Crippen LogP contribution is -2.21. The molecule has 0 aliphatic carbocycles. The first-order valence-electron chi connectivity index (χ1n) is 8.52. The number of aromatic carboxylic acids is 1. The van der Waals surface area contributed by atoms with Crippen LogP contribution in [0.2, 0.25) is 0 Å². The number of anilines is 2. The van der Waals surface area contributed by atoms with Gasteiger partial charge in [0, 0.05) is 48.5 Å². The molecular formula is C20H17N5O3. The van der Waals surface area contributed by atoms with E-state index in [1.54, 1.807) is 50.8 Å². The predicted octanol–water partition coefficient (Wildman–Crippen LogP) is 3.25. The number of carbonyl (C=O) groups is 2. The van der Waals surface area contributed by atoms with E-state index in [1.807, 2.05) is 6.07 Å². The van der Waals surface area contributed by atoms with Gasteiger partial charge in [0.2, 0.25) is 0 Å². The lowest BCUT2D eigenvalue weighted by atomic mass is 10.1. The second-order valence-corrected chi connectivity index (χ2v) is 6.54. The van der Waals surface area contributed by atoms with E-state index in [4.69, 9.17) is 0 Å². The summed E-state index contributed by atoms with van der Waals surface area (Å²) in [5.41, 5.74) is 2.58. The van der Waals surface area contributed by atoms with Gasteiger partial charge in [-0.15, -0.1) is 0 Å². The number of benzene rings is 1. The number of nitrogens with one attached hydrogen (secondary N) is 2. The molecule has 3 N–H and O–H groups in total. The van der Waals surface area contributed by atoms with Crippen LogP contribution >= 0.6 is 0 Å². The van der Waals surface area contributed by atoms with Crippen LogP contribution in [0.25, 0.3) is 21.8 Å². The first-order chi connectivity index (χ1) is 13.4. The summed E-state index contributed by atoms with van der Waals surface area (Å²) in [7, 11) is 3.39. The summed E-state index contributed by atoms with van der Waals surface area (Å²) in [5, 5.41) is 13.9. The monoisotopic (exact) mass is 375 g/mol. The van der Waals surface area contributed by atoms with Crippen LogP contribution in [-0.2, 0) is 0 Å². The highest BCUT2D eigenvalue weighted by Gasteiger charge is 2.16. The zero-order chi connectivity index (χ0) is 19.8. The Kier molecular flexibility index (Phi) is 4.15. The van der Waals surface area contributed by atoms with E-state index in [0.717, 1.165) is 5.39 Å². The van der Waals surface area contributed by atoms with Gasteiger partial charge in [-0.3, -0.25) is 9.78 Å². The van der Waals surface area contributed by atoms with Gasteiger partial charge in [-0.05, 0) is 30.3 Å². The van der Waals surface area contributed by atoms with Gasteiger partial charge < -0.3 is 20.3 Å². The van der Waals surface area contributed by atoms with Crippen molar-refractivity contribution in [3.05, 3.63) is 60.0 Å². The van der Waals surface area contributed by atoms with Crippen LogP contribution in [0.1, 0.15) is 20.8 Å². The Morgan fingerprint density at radius 3 is 2.71 bits per heavy atom. The number of carbonyl (C=O) groups excluding carboxylic acids is 1. The molecule has 0 aliphatic rings. The molecule has 0 unspecified atom stereocenters. The maximum atomic E-state index is 12.2. The Bertz CT molecular complexity index is 1230. The lowest BCUT2D eigenvalue weighted by Gasteiger charge is -2.13. The zero-order valence-electron chi connectivity index (χ0n) is 15.2. The quantitative estimate of drug-likeness (QED) is 0.505. The van der Waals surface area contributed by atoms with Crippen molar-refractivity contribution in [2.24, 2.45) is 0 Å². The molecule has 1 aromatic carbocycles. The fraction of sp³-hybridized carbons (Fsp3) is 0.100. The van der Waals surface area contributed by atoms with Crippen LogP contribution in [0.15, 0.2) is 48.8 Å². The summed E-state index contributed by atoms with van der Waals surface area (Å²) in [6, 6.07) is 10.4. The smallest absolute Gasteiger partial charge is 0.352 e. The zero-order valence-corrected chi connectivity index (χ0v) is 15.2. The molecule has 0 fully saturated rings. The van der Waals surface area contributed by atoms with Crippen molar-refractivity contribution < 1.29 is 14.7 Å². The minimum atomic E-state index is -1.06. The maximum absolute atomic E-state index is 12.2. The van der Waals surface area contributed by atoms with Crippen LogP contribution < -0.4 is 5.32 Å². The lowest BCUT2D eigenvalue weighted by molar-refractivity contribution is 0.0691. The Morgan fingerprint density at radius 1 is 1.14 bits per heavy atom. The topological polar surface area (TPSA) is 111 Å². The number of hydrogen-bond acceptors (Lipinski definition) is 5. The Labute approximate surface area is 159 Å². The average molecular weight is 375 g/mol. The van der Waals surface area contributed by atoms with Crippen molar-refractivity contribution in [2.45, 2.75) is 0 Å². The summed E-state index contributed by atoms with van der Waals surface area (Å²) in [4.78, 5) is 36.8. The van der Waals surface area contributed by atoms with E-state index in [9.17, 15) is 14.7 Å². The van der Waals surface area contributed by atoms with E-state index in [0.29, 0.717) is 33.5 Å². The van der Waals surface area contributed by atoms with Crippen LogP contribution in [0.3, 0.4) is 0 Å². The van der Waals surface area contributed by atoms with Crippen LogP contribution in [0.4, 0.5) is 11.5 Å². The number of fused-ring (bicyclic) bond motifs is 3. The number of aromatic nitrogens is 3. The molecule has 3 heterocycles. The van der Waals surface area contributed by atoms with Crippen molar-refractivity contribution in [3.63, 3.8) is 0 Å². The van der Waals surface area contributed by atoms with Crippen molar-refractivity contribution in [3.8, 4) is 0 Å². The van der Waals surface area contributed by atoms with Crippen molar-refractivity contribution in [1.82, 2.24) is 19.9 Å². The molecule has 4 aromatic rings. The van der Waals surface area contributed by atoms with Crippen LogP contribution in [0, 0.1) is 0 Å². The molecule has 0 spiro atoms. The molecule has 1 amide bonds. The molecule has 0 radical (unpaired) electrons. The summed E-state index contributed by atoms with van der Waals surface area (Å²) in [6.45, 7) is 0. The van der Waals surface area contributed by atoms with Gasteiger partial charge in [-0.25, -0.2) is 9.78 Å². The number of H-pyrrole nitrogens is 1. The molecule has 0 aliphatic heterocycles. The summed E-state index contributed by atoms with van der Waals surface area (Å²) >= 11 is 0. The summed E-state index contributed by atoms with van der Waals surface area (Å²) in [5.74, 6) is -0.675. The van der Waals surface area contributed by atoms with E-state index < -0.39 is 5.97 Å². The first kappa shape index (κ1) is 17.5. The third kappa shape index (κ3) is 3.01. The number of carboxylic acids is 1. The second-order valence-electron chi connectivity index (χ2n) is 6.54. The van der Waals surface area contributed by atoms with Gasteiger partial charge in [0.15, 0.2) is 0 Å². The molecule has 8 heteroatoms. The Balaban J connectivity index is 1.85. The average Bonchev–Trinajstić information content (AvgIpc) is 3.14. The van der Waals surface area contributed by atoms with Gasteiger partial charge in [0.05, 0.1) is 11.0 Å². The number of nitrogens with zero attached hydrogens (tertiary/aromatic N) is 3. The molecule has 0 atom stereocenters. The molecule has 0 saturated heterocycles. The highest BCUT2D eigenvalue weighted by atomic mass is 16.4. The third-order valence-corrected chi connectivity index (χ3v) is 4.38. The molecule has 140 valence electrons. The van der Waals surface area contributed by atoms with E-state index >= 15 is 0 Å². The molecular weight excluding hydrogens is 358 g/mol. The van der Waals surface area contributed by atoms with Gasteiger partial charge in [0.1, 0.15) is 11.5 Å². The normalized spacial score (nSPS) is 10.9. The number of carboxylic acid groups (broad SMARTS) is 1. The number of rotatable bonds is 4. The molecule has 0 saturated carbocycles. The van der Waals surface area contributed by atoms with Gasteiger partial charge in [-0.2, -0.15) is 0 Å². The number of hydrogen-bond donors (Lipinski definition) is 3. The number of amides is 1. The van der Waals surface area contributed by atoms with Crippen LogP contribution in [-0.4, -0.2) is 50.9 Å². The standard InChI is InChI=1S/C20H17N5O3/c1-25(2)19(26)11-4-3-5-12(8-11)22-18-13-9-16(20(27)28)23-17(13)14-10-21-7-6-15(14)24-18/h3-10,23H,1-2H3,(H,22,24)(H,27,28). The highest BCUT2D eigenvalue weighted by molar-refractivity contribution is 6.11. The molecule has 4 rings (SSSR count). The molecule has 8 nitrogen and oxygen atoms in total. The largest absolute Gasteiger partial charge is 0.477 e. The SMILES string of the molecule is CN(C)C(=O)c1cccc(Nc2nc3ccncc3c3[nH]c(C(=O)O)cc23)c1. The number of aromatic amines is 1. The van der Waals surface area contributed by atoms with Gasteiger partial charge in [0.25, 0.3) is 5.91 Å². The Morgan fingerprint density at radius 2 is 1.96 bits per heavy atom. The van der Waals surface area contributed by atoms with E-state index in [-0.39, 0.29) is 11.6 Å². The highest BCUT2D eigenvalue weighted by Crippen LogP contribution is 2.31. The fourth-order valence-electron chi connectivity index (χ4n) is 3.05. The van der Waals surface area contributed by atoms with Crippen molar-refractivity contribution >= 4 is 45.2 Å². The van der Waals surface area contributed by atoms with Crippen LogP contribution in [0.5, 0.6) is 0 Å². The Hall–Kier alpha value is -3.94. The van der Waals surface area contributed by atoms with E-state index in [2.05, 4.69) is 20.3 Å². The third-order valence-electron chi connectivity index (χ3n) is 4.38. The first-order valence-corrected chi connectivity index (χ1v) is 8.52. The summed E-state index contributed by atoms with van der Waals surface area (Å²) < 4.78 is 0. The summed E-state index contributed by atoms with van der Waals surface area (Å²) in [6.07, 6.45) is 3.27. The van der Waals surface area contributed by atoms with Gasteiger partial charge >= 0.3 is 5.97 Å². The molecule has 3 aromatic heterocycles. The molecule has 28 heavy (non-hydrogen) atoms. The van der Waals surface area contributed by atoms with Crippen molar-refractivity contribution in [2.75, 3.05) is 19.4 Å².